The summed E-state index contributed by atoms with van der Waals surface area (Å²) in [5, 5.41) is 2.77. The van der Waals surface area contributed by atoms with E-state index < -0.39 is 0 Å². The Morgan fingerprint density at radius 3 is 2.80 bits per heavy atom. The summed E-state index contributed by atoms with van der Waals surface area (Å²) in [5.74, 6) is 0.735. The standard InChI is InChI=1S/C11H12N2O2/c14-11(9-13-5-1-2-6-13)12-8-10-4-3-7-15-10/h1-7H,8-9H2,(H,12,14). The molecule has 1 N–H and O–H groups in total. The molecular weight excluding hydrogens is 192 g/mol. The molecule has 0 unspecified atom stereocenters. The Bertz CT molecular complexity index is 404. The minimum atomic E-state index is -0.0254. The predicted molar refractivity (Wildman–Crippen MR) is 55.0 cm³/mol. The van der Waals surface area contributed by atoms with Crippen LogP contribution in [0.15, 0.2) is 47.3 Å². The van der Waals surface area contributed by atoms with Crippen molar-refractivity contribution in [1.29, 1.82) is 0 Å². The minimum Gasteiger partial charge on any atom is -0.467 e. The Morgan fingerprint density at radius 1 is 1.33 bits per heavy atom. The van der Waals surface area contributed by atoms with Gasteiger partial charge in [0.1, 0.15) is 12.3 Å². The van der Waals surface area contributed by atoms with Crippen molar-refractivity contribution in [2.45, 2.75) is 13.1 Å². The SMILES string of the molecule is O=C(Cn1cccc1)NCc1ccco1. The second-order valence-corrected chi connectivity index (χ2v) is 3.21. The maximum Gasteiger partial charge on any atom is 0.240 e. The first-order valence-electron chi connectivity index (χ1n) is 4.74. The maximum absolute atomic E-state index is 11.4. The molecule has 0 saturated carbocycles. The summed E-state index contributed by atoms with van der Waals surface area (Å²) in [5.41, 5.74) is 0. The van der Waals surface area contributed by atoms with Crippen molar-refractivity contribution in [3.8, 4) is 0 Å². The fourth-order valence-corrected chi connectivity index (χ4v) is 1.30. The van der Waals surface area contributed by atoms with Crippen molar-refractivity contribution < 1.29 is 9.21 Å². The summed E-state index contributed by atoms with van der Waals surface area (Å²) < 4.78 is 6.91. The molecule has 0 saturated heterocycles. The van der Waals surface area contributed by atoms with E-state index in [9.17, 15) is 4.79 Å². The summed E-state index contributed by atoms with van der Waals surface area (Å²) in [7, 11) is 0. The Kier molecular flexibility index (Phi) is 2.88. The molecule has 0 aliphatic rings. The molecule has 0 aromatic carbocycles. The van der Waals surface area contributed by atoms with E-state index in [1.165, 1.54) is 0 Å². The number of carbonyl (C=O) groups is 1. The van der Waals surface area contributed by atoms with Crippen molar-refractivity contribution in [3.63, 3.8) is 0 Å². The quantitative estimate of drug-likeness (QED) is 0.818. The first-order valence-corrected chi connectivity index (χ1v) is 4.74. The number of furan rings is 1. The molecule has 0 spiro atoms. The fraction of sp³-hybridized carbons (Fsp3) is 0.182. The van der Waals surface area contributed by atoms with Crippen molar-refractivity contribution in [2.24, 2.45) is 0 Å². The maximum atomic E-state index is 11.4. The summed E-state index contributed by atoms with van der Waals surface area (Å²) in [6, 6.07) is 7.41. The summed E-state index contributed by atoms with van der Waals surface area (Å²) in [6.07, 6.45) is 5.30. The number of rotatable bonds is 4. The molecule has 2 heterocycles. The molecule has 2 aromatic heterocycles. The third kappa shape index (κ3) is 2.74. The zero-order valence-electron chi connectivity index (χ0n) is 8.22. The van der Waals surface area contributed by atoms with E-state index in [2.05, 4.69) is 5.32 Å². The van der Waals surface area contributed by atoms with E-state index in [1.54, 1.807) is 12.3 Å². The zero-order valence-corrected chi connectivity index (χ0v) is 8.22. The van der Waals surface area contributed by atoms with Gasteiger partial charge in [-0.3, -0.25) is 4.79 Å². The molecule has 4 heteroatoms. The van der Waals surface area contributed by atoms with Gasteiger partial charge in [-0.05, 0) is 24.3 Å². The zero-order chi connectivity index (χ0) is 10.5. The lowest BCUT2D eigenvalue weighted by Crippen LogP contribution is -2.26. The molecule has 0 bridgehead atoms. The molecule has 0 fully saturated rings. The normalized spacial score (nSPS) is 10.1. The van der Waals surface area contributed by atoms with E-state index in [4.69, 9.17) is 4.42 Å². The first kappa shape index (κ1) is 9.58. The van der Waals surface area contributed by atoms with Crippen LogP contribution in [0.5, 0.6) is 0 Å². The van der Waals surface area contributed by atoms with Crippen molar-refractivity contribution in [2.75, 3.05) is 0 Å². The lowest BCUT2D eigenvalue weighted by Gasteiger charge is -2.03. The second-order valence-electron chi connectivity index (χ2n) is 3.21. The molecule has 0 aliphatic heterocycles. The van der Waals surface area contributed by atoms with Crippen LogP contribution in [0.4, 0.5) is 0 Å². The number of carbonyl (C=O) groups excluding carboxylic acids is 1. The third-order valence-electron chi connectivity index (χ3n) is 2.03. The van der Waals surface area contributed by atoms with Gasteiger partial charge in [0.15, 0.2) is 0 Å². The van der Waals surface area contributed by atoms with Gasteiger partial charge >= 0.3 is 0 Å². The van der Waals surface area contributed by atoms with Crippen LogP contribution in [0.25, 0.3) is 0 Å². The van der Waals surface area contributed by atoms with E-state index in [0.717, 1.165) is 5.76 Å². The third-order valence-corrected chi connectivity index (χ3v) is 2.03. The molecule has 0 atom stereocenters. The number of nitrogens with one attached hydrogen (secondary N) is 1. The highest BCUT2D eigenvalue weighted by Gasteiger charge is 2.02. The van der Waals surface area contributed by atoms with E-state index in [0.29, 0.717) is 13.1 Å². The van der Waals surface area contributed by atoms with Crippen LogP contribution in [0.3, 0.4) is 0 Å². The summed E-state index contributed by atoms with van der Waals surface area (Å²) >= 11 is 0. The summed E-state index contributed by atoms with van der Waals surface area (Å²) in [4.78, 5) is 11.4. The van der Waals surface area contributed by atoms with Gasteiger partial charge < -0.3 is 14.3 Å². The molecule has 15 heavy (non-hydrogen) atoms. The average molecular weight is 204 g/mol. The van der Waals surface area contributed by atoms with Crippen molar-refractivity contribution in [1.82, 2.24) is 9.88 Å². The van der Waals surface area contributed by atoms with Gasteiger partial charge in [-0.1, -0.05) is 0 Å². The number of hydrogen-bond acceptors (Lipinski definition) is 2. The van der Waals surface area contributed by atoms with Gasteiger partial charge in [0.05, 0.1) is 12.8 Å². The van der Waals surface area contributed by atoms with Crippen LogP contribution in [0.1, 0.15) is 5.76 Å². The van der Waals surface area contributed by atoms with Crippen molar-refractivity contribution >= 4 is 5.91 Å². The highest BCUT2D eigenvalue weighted by atomic mass is 16.3. The van der Waals surface area contributed by atoms with Crippen LogP contribution in [0.2, 0.25) is 0 Å². The average Bonchev–Trinajstić information content (AvgIpc) is 2.86. The summed E-state index contributed by atoms with van der Waals surface area (Å²) in [6.45, 7) is 0.779. The fourth-order valence-electron chi connectivity index (χ4n) is 1.30. The van der Waals surface area contributed by atoms with Crippen LogP contribution >= 0.6 is 0 Å². The first-order chi connectivity index (χ1) is 7.34. The number of nitrogens with zero attached hydrogens (tertiary/aromatic N) is 1. The molecule has 2 aromatic rings. The number of amides is 1. The number of hydrogen-bond donors (Lipinski definition) is 1. The lowest BCUT2D eigenvalue weighted by atomic mass is 10.4. The van der Waals surface area contributed by atoms with E-state index in [-0.39, 0.29) is 5.91 Å². The Balaban J connectivity index is 1.78. The molecule has 2 rings (SSSR count). The number of aromatic nitrogens is 1. The largest absolute Gasteiger partial charge is 0.467 e. The minimum absolute atomic E-state index is 0.0254. The molecular formula is C11H12N2O2. The van der Waals surface area contributed by atoms with E-state index in [1.807, 2.05) is 35.2 Å². The van der Waals surface area contributed by atoms with Crippen LogP contribution < -0.4 is 5.32 Å². The Hall–Kier alpha value is -1.97. The lowest BCUT2D eigenvalue weighted by molar-refractivity contribution is -0.121. The predicted octanol–water partition coefficient (Wildman–Crippen LogP) is 1.40. The van der Waals surface area contributed by atoms with Crippen molar-refractivity contribution in [3.05, 3.63) is 48.7 Å². The highest BCUT2D eigenvalue weighted by molar-refractivity contribution is 5.75. The van der Waals surface area contributed by atoms with Gasteiger partial charge in [-0.15, -0.1) is 0 Å². The molecule has 0 aliphatic carbocycles. The van der Waals surface area contributed by atoms with Crippen LogP contribution in [-0.2, 0) is 17.9 Å². The van der Waals surface area contributed by atoms with Gasteiger partial charge in [-0.2, -0.15) is 0 Å². The van der Waals surface area contributed by atoms with Crippen LogP contribution in [0, 0.1) is 0 Å². The molecule has 78 valence electrons. The second kappa shape index (κ2) is 4.50. The van der Waals surface area contributed by atoms with Gasteiger partial charge in [0.25, 0.3) is 0 Å². The van der Waals surface area contributed by atoms with Gasteiger partial charge in [0, 0.05) is 12.4 Å². The highest BCUT2D eigenvalue weighted by Crippen LogP contribution is 1.98. The topological polar surface area (TPSA) is 47.2 Å². The molecule has 4 nitrogen and oxygen atoms in total. The Labute approximate surface area is 87.5 Å². The monoisotopic (exact) mass is 204 g/mol. The smallest absolute Gasteiger partial charge is 0.240 e. The molecule has 1 amide bonds. The van der Waals surface area contributed by atoms with Gasteiger partial charge in [-0.25, -0.2) is 0 Å². The van der Waals surface area contributed by atoms with E-state index >= 15 is 0 Å². The van der Waals surface area contributed by atoms with Gasteiger partial charge in [0.2, 0.25) is 5.91 Å². The molecule has 0 radical (unpaired) electrons. The Morgan fingerprint density at radius 2 is 2.13 bits per heavy atom. The van der Waals surface area contributed by atoms with Crippen LogP contribution in [-0.4, -0.2) is 10.5 Å².